The van der Waals surface area contributed by atoms with E-state index in [1.807, 2.05) is 32.0 Å². The lowest BCUT2D eigenvalue weighted by Gasteiger charge is -2.12. The summed E-state index contributed by atoms with van der Waals surface area (Å²) >= 11 is 0. The Hall–Kier alpha value is -2.63. The van der Waals surface area contributed by atoms with Crippen LogP contribution in [0.15, 0.2) is 47.7 Å². The quantitative estimate of drug-likeness (QED) is 0.439. The third-order valence-corrected chi connectivity index (χ3v) is 3.60. The van der Waals surface area contributed by atoms with Gasteiger partial charge in [0.05, 0.1) is 12.7 Å². The molecular weight excluding hydrogens is 319 g/mol. The molecule has 2 rings (SSSR count). The zero-order chi connectivity index (χ0) is 17.9. The molecule has 0 saturated heterocycles. The molecule has 134 valence electrons. The molecule has 0 aliphatic rings. The number of rotatable bonds is 8. The Morgan fingerprint density at radius 2 is 2.16 bits per heavy atom. The summed E-state index contributed by atoms with van der Waals surface area (Å²) in [5, 5.41) is 6.44. The summed E-state index contributed by atoms with van der Waals surface area (Å²) in [6.45, 7) is 6.51. The molecule has 0 amide bonds. The van der Waals surface area contributed by atoms with Gasteiger partial charge >= 0.3 is 0 Å². The molecule has 0 aliphatic heterocycles. The van der Waals surface area contributed by atoms with Crippen LogP contribution in [0.4, 0.5) is 4.39 Å². The summed E-state index contributed by atoms with van der Waals surface area (Å²) in [6, 6.07) is 8.58. The van der Waals surface area contributed by atoms with Crippen LogP contribution in [-0.4, -0.2) is 37.2 Å². The minimum atomic E-state index is -0.201. The zero-order valence-electron chi connectivity index (χ0n) is 14.8. The Kier molecular flexibility index (Phi) is 7.69. The first kappa shape index (κ1) is 18.7. The molecule has 6 heteroatoms. The van der Waals surface area contributed by atoms with E-state index >= 15 is 0 Å². The summed E-state index contributed by atoms with van der Waals surface area (Å²) in [5.41, 5.74) is 2.07. The molecule has 0 unspecified atom stereocenters. The van der Waals surface area contributed by atoms with E-state index in [0.29, 0.717) is 19.7 Å². The minimum absolute atomic E-state index is 0.201. The second-order valence-corrected chi connectivity index (χ2v) is 5.55. The van der Waals surface area contributed by atoms with Gasteiger partial charge in [0.2, 0.25) is 0 Å². The Morgan fingerprint density at radius 1 is 1.28 bits per heavy atom. The summed E-state index contributed by atoms with van der Waals surface area (Å²) in [4.78, 5) is 8.55. The van der Waals surface area contributed by atoms with E-state index in [2.05, 4.69) is 20.6 Å². The van der Waals surface area contributed by atoms with E-state index in [0.717, 1.165) is 35.8 Å². The molecule has 25 heavy (non-hydrogen) atoms. The van der Waals surface area contributed by atoms with Crippen molar-refractivity contribution in [3.05, 3.63) is 59.7 Å². The van der Waals surface area contributed by atoms with Crippen molar-refractivity contribution >= 4 is 5.96 Å². The Labute approximate surface area is 148 Å². The second-order valence-electron chi connectivity index (χ2n) is 5.55. The number of nitrogens with zero attached hydrogens (tertiary/aromatic N) is 2. The molecule has 1 heterocycles. The van der Waals surface area contributed by atoms with Crippen molar-refractivity contribution in [3.63, 3.8) is 0 Å². The summed E-state index contributed by atoms with van der Waals surface area (Å²) in [6.07, 6.45) is 4.17. The number of pyridine rings is 1. The maximum absolute atomic E-state index is 13.1. The molecule has 0 bridgehead atoms. The van der Waals surface area contributed by atoms with Crippen molar-refractivity contribution < 1.29 is 9.13 Å². The van der Waals surface area contributed by atoms with Crippen LogP contribution < -0.4 is 15.4 Å². The van der Waals surface area contributed by atoms with E-state index in [1.54, 1.807) is 18.5 Å². The van der Waals surface area contributed by atoms with Gasteiger partial charge in [-0.3, -0.25) is 9.98 Å². The molecule has 0 spiro atoms. The van der Waals surface area contributed by atoms with Gasteiger partial charge in [-0.15, -0.1) is 0 Å². The molecule has 0 aliphatic carbocycles. The van der Waals surface area contributed by atoms with E-state index in [4.69, 9.17) is 4.74 Å². The largest absolute Gasteiger partial charge is 0.490 e. The normalized spacial score (nSPS) is 11.2. The van der Waals surface area contributed by atoms with Crippen LogP contribution in [0, 0.1) is 12.7 Å². The van der Waals surface area contributed by atoms with Crippen molar-refractivity contribution in [2.45, 2.75) is 20.3 Å². The van der Waals surface area contributed by atoms with E-state index < -0.39 is 0 Å². The fourth-order valence-corrected chi connectivity index (χ4v) is 2.34. The number of aromatic nitrogens is 1. The first-order valence-corrected chi connectivity index (χ1v) is 8.49. The minimum Gasteiger partial charge on any atom is -0.490 e. The van der Waals surface area contributed by atoms with Crippen molar-refractivity contribution in [1.82, 2.24) is 15.6 Å². The molecule has 2 aromatic rings. The lowest BCUT2D eigenvalue weighted by molar-refractivity contribution is 0.320. The van der Waals surface area contributed by atoms with E-state index in [-0.39, 0.29) is 5.82 Å². The van der Waals surface area contributed by atoms with Crippen LogP contribution in [0.2, 0.25) is 0 Å². The average molecular weight is 344 g/mol. The Bertz CT molecular complexity index is 676. The van der Waals surface area contributed by atoms with Gasteiger partial charge in [-0.1, -0.05) is 6.07 Å². The monoisotopic (exact) mass is 344 g/mol. The van der Waals surface area contributed by atoms with Crippen LogP contribution in [0.3, 0.4) is 0 Å². The van der Waals surface area contributed by atoms with Crippen molar-refractivity contribution in [3.8, 4) is 5.75 Å². The number of ether oxygens (including phenoxy) is 1. The third-order valence-electron chi connectivity index (χ3n) is 3.60. The van der Waals surface area contributed by atoms with Gasteiger partial charge < -0.3 is 15.4 Å². The summed E-state index contributed by atoms with van der Waals surface area (Å²) < 4.78 is 18.7. The predicted octanol–water partition coefficient (Wildman–Crippen LogP) is 2.71. The fourth-order valence-electron chi connectivity index (χ4n) is 2.34. The van der Waals surface area contributed by atoms with E-state index in [1.165, 1.54) is 6.07 Å². The number of guanidine groups is 1. The summed E-state index contributed by atoms with van der Waals surface area (Å²) in [7, 11) is 0. The highest BCUT2D eigenvalue weighted by Crippen LogP contribution is 2.10. The van der Waals surface area contributed by atoms with Crippen molar-refractivity contribution in [2.24, 2.45) is 4.99 Å². The highest BCUT2D eigenvalue weighted by molar-refractivity contribution is 5.79. The maximum Gasteiger partial charge on any atom is 0.191 e. The molecule has 0 fully saturated rings. The van der Waals surface area contributed by atoms with Crippen LogP contribution in [0.5, 0.6) is 5.75 Å². The fraction of sp³-hybridized carbons (Fsp3) is 0.368. The average Bonchev–Trinajstić information content (AvgIpc) is 2.61. The maximum atomic E-state index is 13.1. The first-order chi connectivity index (χ1) is 12.2. The Morgan fingerprint density at radius 3 is 2.88 bits per heavy atom. The number of benzene rings is 1. The topological polar surface area (TPSA) is 58.5 Å². The molecule has 2 N–H and O–H groups in total. The van der Waals surface area contributed by atoms with Gasteiger partial charge in [-0.2, -0.15) is 0 Å². The molecular formula is C19H25FN4O. The zero-order valence-corrected chi connectivity index (χ0v) is 14.8. The van der Waals surface area contributed by atoms with Crippen LogP contribution >= 0.6 is 0 Å². The third kappa shape index (κ3) is 6.79. The molecule has 1 aromatic carbocycles. The molecule has 0 saturated carbocycles. The smallest absolute Gasteiger partial charge is 0.191 e. The lowest BCUT2D eigenvalue weighted by Crippen LogP contribution is -2.39. The van der Waals surface area contributed by atoms with Crippen molar-refractivity contribution in [2.75, 3.05) is 26.2 Å². The van der Waals surface area contributed by atoms with Crippen LogP contribution in [0.25, 0.3) is 0 Å². The van der Waals surface area contributed by atoms with E-state index in [9.17, 15) is 4.39 Å². The number of aliphatic imine (C=N–C) groups is 1. The Balaban J connectivity index is 1.77. The number of hydrogen-bond donors (Lipinski definition) is 2. The van der Waals surface area contributed by atoms with Gasteiger partial charge in [0.15, 0.2) is 5.96 Å². The highest BCUT2D eigenvalue weighted by Gasteiger charge is 2.01. The predicted molar refractivity (Wildman–Crippen MR) is 98.6 cm³/mol. The molecule has 0 atom stereocenters. The molecule has 5 nitrogen and oxygen atoms in total. The number of halogens is 1. The highest BCUT2D eigenvalue weighted by atomic mass is 19.1. The second kappa shape index (κ2) is 10.3. The summed E-state index contributed by atoms with van der Waals surface area (Å²) in [5.74, 6) is 1.29. The van der Waals surface area contributed by atoms with Gasteiger partial charge in [0, 0.05) is 19.3 Å². The number of aryl methyl sites for hydroxylation is 1. The number of nitrogens with one attached hydrogen (secondary N) is 2. The van der Waals surface area contributed by atoms with Gasteiger partial charge in [-0.05, 0) is 55.7 Å². The van der Waals surface area contributed by atoms with Gasteiger partial charge in [0.25, 0.3) is 0 Å². The lowest BCUT2D eigenvalue weighted by atomic mass is 10.1. The molecule has 1 aromatic heterocycles. The number of hydrogen-bond acceptors (Lipinski definition) is 3. The first-order valence-electron chi connectivity index (χ1n) is 8.49. The van der Waals surface area contributed by atoms with Gasteiger partial charge in [-0.25, -0.2) is 4.39 Å². The van der Waals surface area contributed by atoms with Crippen LogP contribution in [0.1, 0.15) is 18.1 Å². The van der Waals surface area contributed by atoms with Crippen LogP contribution in [-0.2, 0) is 6.42 Å². The molecule has 0 radical (unpaired) electrons. The van der Waals surface area contributed by atoms with Crippen molar-refractivity contribution in [1.29, 1.82) is 0 Å². The van der Waals surface area contributed by atoms with Gasteiger partial charge in [0.1, 0.15) is 18.2 Å². The SMILES string of the molecule is CCNC(=NCCc1ccc(F)cc1C)NCCOc1cccnc1. The standard InChI is InChI=1S/C19H25FN4O/c1-3-22-19(24-11-12-25-18-5-4-9-21-14-18)23-10-8-16-6-7-17(20)13-15(16)2/h4-7,9,13-14H,3,8,10-12H2,1-2H3,(H2,22,23,24).